The third-order valence-electron chi connectivity index (χ3n) is 5.72. The van der Waals surface area contributed by atoms with Crippen LogP contribution < -0.4 is 5.43 Å². The predicted molar refractivity (Wildman–Crippen MR) is 109 cm³/mol. The minimum atomic E-state index is -1.04. The van der Waals surface area contributed by atoms with Crippen LogP contribution >= 0.6 is 0 Å². The number of aromatic carboxylic acids is 1. The summed E-state index contributed by atoms with van der Waals surface area (Å²) in [7, 11) is 0. The highest BCUT2D eigenvalue weighted by Gasteiger charge is 2.44. The average Bonchev–Trinajstić information content (AvgIpc) is 3.46. The number of carbonyl (C=O) groups is 1. The van der Waals surface area contributed by atoms with E-state index in [0.717, 1.165) is 18.6 Å². The van der Waals surface area contributed by atoms with Crippen LogP contribution in [-0.2, 0) is 6.42 Å². The van der Waals surface area contributed by atoms with Gasteiger partial charge in [0, 0.05) is 11.5 Å². The Morgan fingerprint density at radius 2 is 1.93 bits per heavy atom. The molecule has 1 fully saturated rings. The molecule has 0 aliphatic heterocycles. The zero-order valence-electron chi connectivity index (χ0n) is 16.4. The summed E-state index contributed by atoms with van der Waals surface area (Å²) in [5.74, 6) is 0.320. The summed E-state index contributed by atoms with van der Waals surface area (Å²) in [6, 6.07) is 11.0. The van der Waals surface area contributed by atoms with E-state index >= 15 is 0 Å². The summed E-state index contributed by atoms with van der Waals surface area (Å²) < 4.78 is 6.21. The van der Waals surface area contributed by atoms with Crippen molar-refractivity contribution in [1.82, 2.24) is 0 Å². The summed E-state index contributed by atoms with van der Waals surface area (Å²) in [5, 5.41) is 9.59. The maximum Gasteiger partial charge on any atom is 0.335 e. The second kappa shape index (κ2) is 6.93. The Bertz CT molecular complexity index is 1140. The van der Waals surface area contributed by atoms with Crippen molar-refractivity contribution in [2.24, 2.45) is 0 Å². The fraction of sp³-hybridized carbons (Fsp3) is 0.333. The van der Waals surface area contributed by atoms with E-state index in [-0.39, 0.29) is 16.9 Å². The average molecular weight is 376 g/mol. The van der Waals surface area contributed by atoms with Crippen LogP contribution in [0, 0.1) is 13.8 Å². The Kier molecular flexibility index (Phi) is 4.58. The van der Waals surface area contributed by atoms with Gasteiger partial charge in [0.05, 0.1) is 10.9 Å². The maximum absolute atomic E-state index is 13.2. The van der Waals surface area contributed by atoms with Gasteiger partial charge in [-0.1, -0.05) is 37.1 Å². The van der Waals surface area contributed by atoms with Gasteiger partial charge in [0.15, 0.2) is 5.43 Å². The molecule has 4 rings (SSSR count). The molecular weight excluding hydrogens is 352 g/mol. The number of carboxylic acid groups (broad SMARTS) is 1. The van der Waals surface area contributed by atoms with Gasteiger partial charge in [0.1, 0.15) is 11.3 Å². The van der Waals surface area contributed by atoms with Crippen molar-refractivity contribution in [3.05, 3.63) is 80.2 Å². The molecule has 28 heavy (non-hydrogen) atoms. The van der Waals surface area contributed by atoms with Gasteiger partial charge in [0.25, 0.3) is 0 Å². The Balaban J connectivity index is 1.82. The number of rotatable bonds is 5. The Labute approximate surface area is 163 Å². The first-order valence-corrected chi connectivity index (χ1v) is 9.80. The van der Waals surface area contributed by atoms with Crippen LogP contribution in [-0.4, -0.2) is 11.1 Å². The van der Waals surface area contributed by atoms with E-state index in [1.165, 1.54) is 28.8 Å². The first-order chi connectivity index (χ1) is 13.4. The molecule has 3 aromatic rings. The number of fused-ring (bicyclic) bond motifs is 1. The highest BCUT2D eigenvalue weighted by molar-refractivity contribution is 5.92. The summed E-state index contributed by atoms with van der Waals surface area (Å²) >= 11 is 0. The first kappa shape index (κ1) is 18.5. The maximum atomic E-state index is 13.2. The van der Waals surface area contributed by atoms with E-state index in [4.69, 9.17) is 4.42 Å². The van der Waals surface area contributed by atoms with Gasteiger partial charge >= 0.3 is 5.97 Å². The van der Waals surface area contributed by atoms with E-state index in [0.29, 0.717) is 28.9 Å². The van der Waals surface area contributed by atoms with Gasteiger partial charge in [-0.25, -0.2) is 4.79 Å². The Morgan fingerprint density at radius 3 is 2.64 bits per heavy atom. The fourth-order valence-corrected chi connectivity index (χ4v) is 4.16. The van der Waals surface area contributed by atoms with Crippen molar-refractivity contribution >= 4 is 16.9 Å². The molecule has 0 spiro atoms. The lowest BCUT2D eigenvalue weighted by molar-refractivity contribution is 0.0697. The summed E-state index contributed by atoms with van der Waals surface area (Å²) in [5.41, 5.74) is 5.02. The molecule has 1 N–H and O–H groups in total. The minimum absolute atomic E-state index is 0.0900. The lowest BCUT2D eigenvalue weighted by Crippen LogP contribution is -2.13. The molecular formula is C24H24O4. The third-order valence-corrected chi connectivity index (χ3v) is 5.72. The third kappa shape index (κ3) is 3.13. The highest BCUT2D eigenvalue weighted by atomic mass is 16.4. The van der Waals surface area contributed by atoms with Gasteiger partial charge < -0.3 is 9.52 Å². The molecule has 2 unspecified atom stereocenters. The summed E-state index contributed by atoms with van der Waals surface area (Å²) in [6.07, 6.45) is 2.45. The van der Waals surface area contributed by atoms with E-state index < -0.39 is 5.97 Å². The molecule has 4 heteroatoms. The van der Waals surface area contributed by atoms with Crippen LogP contribution in [0.5, 0.6) is 0 Å². The van der Waals surface area contributed by atoms with Crippen molar-refractivity contribution in [3.8, 4) is 0 Å². The first-order valence-electron chi connectivity index (χ1n) is 9.80. The van der Waals surface area contributed by atoms with Gasteiger partial charge in [0.2, 0.25) is 0 Å². The van der Waals surface area contributed by atoms with E-state index in [1.807, 2.05) is 6.92 Å². The molecule has 1 aliphatic rings. The molecule has 2 atom stereocenters. The lowest BCUT2D eigenvalue weighted by Gasteiger charge is -2.11. The molecule has 0 amide bonds. The van der Waals surface area contributed by atoms with Crippen LogP contribution in [0.2, 0.25) is 0 Å². The number of hydrogen-bond acceptors (Lipinski definition) is 3. The van der Waals surface area contributed by atoms with Crippen molar-refractivity contribution in [1.29, 1.82) is 0 Å². The zero-order valence-corrected chi connectivity index (χ0v) is 16.4. The van der Waals surface area contributed by atoms with Crippen molar-refractivity contribution in [3.63, 3.8) is 0 Å². The highest BCUT2D eigenvalue weighted by Crippen LogP contribution is 2.56. The standard InChI is InChI=1S/C24H24O4/c1-4-5-16-22(25)20-11-15(24(26)27)8-9-21(20)28-23(16)19-12-18(19)17-10-13(2)6-7-14(17)3/h6-11,18-19H,4-5,12H2,1-3H3,(H,26,27). The van der Waals surface area contributed by atoms with E-state index in [1.54, 1.807) is 6.07 Å². The van der Waals surface area contributed by atoms with Crippen molar-refractivity contribution in [2.45, 2.75) is 51.9 Å². The monoisotopic (exact) mass is 376 g/mol. The normalized spacial score (nSPS) is 18.4. The van der Waals surface area contributed by atoms with E-state index in [9.17, 15) is 14.7 Å². The quantitative estimate of drug-likeness (QED) is 0.653. The Morgan fingerprint density at radius 1 is 1.14 bits per heavy atom. The fourth-order valence-electron chi connectivity index (χ4n) is 4.16. The number of benzene rings is 2. The summed E-state index contributed by atoms with van der Waals surface area (Å²) in [4.78, 5) is 24.4. The van der Waals surface area contributed by atoms with Gasteiger partial charge in [-0.3, -0.25) is 4.79 Å². The second-order valence-corrected chi connectivity index (χ2v) is 7.85. The largest absolute Gasteiger partial charge is 0.478 e. The molecule has 1 saturated carbocycles. The van der Waals surface area contributed by atoms with Gasteiger partial charge in [-0.05, 0) is 61.9 Å². The van der Waals surface area contributed by atoms with Gasteiger partial charge in [-0.2, -0.15) is 0 Å². The van der Waals surface area contributed by atoms with Crippen LogP contribution in [0.15, 0.2) is 45.6 Å². The molecule has 0 radical (unpaired) electrons. The van der Waals surface area contributed by atoms with Crippen molar-refractivity contribution in [2.75, 3.05) is 0 Å². The predicted octanol–water partition coefficient (Wildman–Crippen LogP) is 5.33. The molecule has 1 aromatic heterocycles. The smallest absolute Gasteiger partial charge is 0.335 e. The second-order valence-electron chi connectivity index (χ2n) is 7.85. The molecule has 2 aromatic carbocycles. The number of aryl methyl sites for hydroxylation is 2. The molecule has 4 nitrogen and oxygen atoms in total. The number of carboxylic acids is 1. The molecule has 1 aliphatic carbocycles. The van der Waals surface area contributed by atoms with Crippen molar-refractivity contribution < 1.29 is 14.3 Å². The number of hydrogen-bond donors (Lipinski definition) is 1. The SMILES string of the molecule is CCCc1c(C2CC2c2cc(C)ccc2C)oc2ccc(C(=O)O)cc2c1=O. The molecule has 1 heterocycles. The van der Waals surface area contributed by atoms with Crippen LogP contribution in [0.25, 0.3) is 11.0 Å². The zero-order chi connectivity index (χ0) is 20.0. The molecule has 0 saturated heterocycles. The summed E-state index contributed by atoms with van der Waals surface area (Å²) in [6.45, 7) is 6.26. The lowest BCUT2D eigenvalue weighted by atomic mass is 9.97. The molecule has 0 bridgehead atoms. The minimum Gasteiger partial charge on any atom is -0.478 e. The topological polar surface area (TPSA) is 67.5 Å². The van der Waals surface area contributed by atoms with Crippen LogP contribution in [0.4, 0.5) is 0 Å². The molecule has 144 valence electrons. The Hall–Kier alpha value is -2.88. The van der Waals surface area contributed by atoms with E-state index in [2.05, 4.69) is 32.0 Å². The van der Waals surface area contributed by atoms with Gasteiger partial charge in [-0.15, -0.1) is 0 Å². The van der Waals surface area contributed by atoms with Crippen LogP contribution in [0.3, 0.4) is 0 Å². The van der Waals surface area contributed by atoms with Crippen LogP contribution in [0.1, 0.15) is 70.0 Å².